The van der Waals surface area contributed by atoms with Crippen LogP contribution in [0.5, 0.6) is 0 Å². The molecule has 1 heterocycles. The van der Waals surface area contributed by atoms with Crippen LogP contribution in [-0.4, -0.2) is 17.8 Å². The summed E-state index contributed by atoms with van der Waals surface area (Å²) in [6, 6.07) is 5.33. The largest absolute Gasteiger partial charge is 0.328 e. The van der Waals surface area contributed by atoms with Gasteiger partial charge in [-0.1, -0.05) is 30.2 Å². The molecule has 0 aliphatic carbocycles. The van der Waals surface area contributed by atoms with Crippen molar-refractivity contribution in [2.45, 2.75) is 18.8 Å². The third-order valence-electron chi connectivity index (χ3n) is 3.26. The summed E-state index contributed by atoms with van der Waals surface area (Å²) in [6.45, 7) is 1.66. The first-order valence-electron chi connectivity index (χ1n) is 5.87. The van der Waals surface area contributed by atoms with Crippen molar-refractivity contribution in [1.82, 2.24) is 10.6 Å². The SMILES string of the molecule is CCC1(c2cccc(N=[N+]=[N-])c2)C(=O)NC(=O)NC1=O. The van der Waals surface area contributed by atoms with Crippen molar-refractivity contribution in [3.63, 3.8) is 0 Å². The number of barbiturate groups is 1. The fraction of sp³-hybridized carbons (Fsp3) is 0.250. The second-order valence-electron chi connectivity index (χ2n) is 4.24. The van der Waals surface area contributed by atoms with Crippen LogP contribution in [0.2, 0.25) is 0 Å². The number of benzene rings is 1. The van der Waals surface area contributed by atoms with Gasteiger partial charge in [-0.25, -0.2) is 4.79 Å². The van der Waals surface area contributed by atoms with E-state index in [0.29, 0.717) is 5.56 Å². The van der Waals surface area contributed by atoms with Gasteiger partial charge in [0, 0.05) is 10.6 Å². The molecule has 1 aliphatic heterocycles. The standard InChI is InChI=1S/C12H11N5O3/c1-2-12(9(18)14-11(20)15-10(12)19)7-4-3-5-8(6-7)16-17-13/h3-6H,2H2,1H3,(H2,14,15,18,19,20). The van der Waals surface area contributed by atoms with Crippen LogP contribution in [-0.2, 0) is 15.0 Å². The summed E-state index contributed by atoms with van der Waals surface area (Å²) in [6.07, 6.45) is 0.164. The molecule has 4 amide bonds. The van der Waals surface area contributed by atoms with Gasteiger partial charge in [-0.2, -0.15) is 0 Å². The van der Waals surface area contributed by atoms with Crippen molar-refractivity contribution in [1.29, 1.82) is 0 Å². The van der Waals surface area contributed by atoms with Gasteiger partial charge in [0.2, 0.25) is 11.8 Å². The number of urea groups is 1. The van der Waals surface area contributed by atoms with Gasteiger partial charge in [-0.15, -0.1) is 0 Å². The fourth-order valence-corrected chi connectivity index (χ4v) is 2.23. The van der Waals surface area contributed by atoms with E-state index >= 15 is 0 Å². The zero-order chi connectivity index (χ0) is 14.8. The minimum absolute atomic E-state index is 0.164. The van der Waals surface area contributed by atoms with Crippen LogP contribution in [0.1, 0.15) is 18.9 Å². The molecule has 0 aromatic heterocycles. The predicted octanol–water partition coefficient (Wildman–Crippen LogP) is 1.64. The molecule has 1 saturated heterocycles. The molecular formula is C12H11N5O3. The van der Waals surface area contributed by atoms with E-state index in [2.05, 4.69) is 20.7 Å². The highest BCUT2D eigenvalue weighted by molar-refractivity contribution is 6.22. The molecule has 2 rings (SSSR count). The number of rotatable bonds is 3. The van der Waals surface area contributed by atoms with E-state index in [1.54, 1.807) is 25.1 Å². The Kier molecular flexibility index (Phi) is 3.41. The summed E-state index contributed by atoms with van der Waals surface area (Å²) >= 11 is 0. The highest BCUT2D eigenvalue weighted by atomic mass is 16.2. The molecule has 0 bridgehead atoms. The Morgan fingerprint density at radius 2 is 1.90 bits per heavy atom. The van der Waals surface area contributed by atoms with Crippen molar-refractivity contribution in [2.24, 2.45) is 5.11 Å². The molecule has 20 heavy (non-hydrogen) atoms. The van der Waals surface area contributed by atoms with Gasteiger partial charge in [-0.05, 0) is 23.6 Å². The highest BCUT2D eigenvalue weighted by Gasteiger charge is 2.50. The number of amides is 4. The minimum Gasteiger partial charge on any atom is -0.277 e. The van der Waals surface area contributed by atoms with Crippen molar-refractivity contribution in [3.05, 3.63) is 40.3 Å². The molecule has 0 atom stereocenters. The average Bonchev–Trinajstić information content (AvgIpc) is 2.39. The second-order valence-corrected chi connectivity index (χ2v) is 4.24. The van der Waals surface area contributed by atoms with E-state index in [-0.39, 0.29) is 12.1 Å². The van der Waals surface area contributed by atoms with Crippen LogP contribution in [0, 0.1) is 0 Å². The third-order valence-corrected chi connectivity index (χ3v) is 3.26. The molecule has 8 nitrogen and oxygen atoms in total. The van der Waals surface area contributed by atoms with Crippen LogP contribution in [0.3, 0.4) is 0 Å². The van der Waals surface area contributed by atoms with Crippen LogP contribution >= 0.6 is 0 Å². The molecule has 1 aromatic rings. The van der Waals surface area contributed by atoms with Gasteiger partial charge < -0.3 is 0 Å². The first-order chi connectivity index (χ1) is 9.54. The molecule has 0 saturated carbocycles. The van der Waals surface area contributed by atoms with Gasteiger partial charge in [0.15, 0.2) is 5.41 Å². The topological polar surface area (TPSA) is 124 Å². The van der Waals surface area contributed by atoms with Gasteiger partial charge in [0.05, 0.1) is 0 Å². The van der Waals surface area contributed by atoms with Gasteiger partial charge in [-0.3, -0.25) is 20.2 Å². The lowest BCUT2D eigenvalue weighted by molar-refractivity contribution is -0.138. The maximum atomic E-state index is 12.1. The van der Waals surface area contributed by atoms with E-state index in [1.165, 1.54) is 6.07 Å². The van der Waals surface area contributed by atoms with Crippen LogP contribution in [0.25, 0.3) is 10.4 Å². The predicted molar refractivity (Wildman–Crippen MR) is 68.9 cm³/mol. The number of hydrogen-bond donors (Lipinski definition) is 2. The number of carbonyl (C=O) groups excluding carboxylic acids is 3. The summed E-state index contributed by atoms with van der Waals surface area (Å²) in [7, 11) is 0. The lowest BCUT2D eigenvalue weighted by Crippen LogP contribution is -2.64. The van der Waals surface area contributed by atoms with E-state index < -0.39 is 23.3 Å². The minimum atomic E-state index is -1.51. The lowest BCUT2D eigenvalue weighted by Gasteiger charge is -2.33. The van der Waals surface area contributed by atoms with Gasteiger partial charge in [0.25, 0.3) is 0 Å². The van der Waals surface area contributed by atoms with Gasteiger partial charge >= 0.3 is 6.03 Å². The Hall–Kier alpha value is -2.86. The van der Waals surface area contributed by atoms with Crippen LogP contribution in [0.4, 0.5) is 10.5 Å². The summed E-state index contributed by atoms with van der Waals surface area (Å²) in [5, 5.41) is 7.62. The Morgan fingerprint density at radius 3 is 2.45 bits per heavy atom. The maximum Gasteiger partial charge on any atom is 0.328 e. The third kappa shape index (κ3) is 1.98. The van der Waals surface area contributed by atoms with Gasteiger partial charge in [0.1, 0.15) is 0 Å². The second kappa shape index (κ2) is 5.02. The number of nitrogens with zero attached hydrogens (tertiary/aromatic N) is 3. The van der Waals surface area contributed by atoms with Crippen molar-refractivity contribution >= 4 is 23.5 Å². The first-order valence-corrected chi connectivity index (χ1v) is 5.87. The van der Waals surface area contributed by atoms with Crippen molar-refractivity contribution in [2.75, 3.05) is 0 Å². The molecule has 2 N–H and O–H groups in total. The highest BCUT2D eigenvalue weighted by Crippen LogP contribution is 2.32. The van der Waals surface area contributed by atoms with E-state index in [4.69, 9.17) is 5.53 Å². The van der Waals surface area contributed by atoms with Crippen molar-refractivity contribution in [3.8, 4) is 0 Å². The smallest absolute Gasteiger partial charge is 0.277 e. The Balaban J connectivity index is 2.58. The lowest BCUT2D eigenvalue weighted by atomic mass is 9.75. The Labute approximate surface area is 113 Å². The number of carbonyl (C=O) groups is 3. The Bertz CT molecular complexity index is 628. The van der Waals surface area contributed by atoms with E-state index in [0.717, 1.165) is 0 Å². The summed E-state index contributed by atoms with van der Waals surface area (Å²) < 4.78 is 0. The molecule has 0 radical (unpaired) electrons. The summed E-state index contributed by atoms with van der Waals surface area (Å²) in [5.74, 6) is -1.38. The normalized spacial score (nSPS) is 16.9. The zero-order valence-corrected chi connectivity index (χ0v) is 10.6. The fourth-order valence-electron chi connectivity index (χ4n) is 2.23. The van der Waals surface area contributed by atoms with E-state index in [9.17, 15) is 14.4 Å². The summed E-state index contributed by atoms with van der Waals surface area (Å²) in [5.41, 5.74) is 7.59. The van der Waals surface area contributed by atoms with E-state index in [1.807, 2.05) is 0 Å². The van der Waals surface area contributed by atoms with Crippen LogP contribution < -0.4 is 10.6 Å². The first kappa shape index (κ1) is 13.6. The monoisotopic (exact) mass is 273 g/mol. The Morgan fingerprint density at radius 1 is 1.25 bits per heavy atom. The summed E-state index contributed by atoms with van der Waals surface area (Å²) in [4.78, 5) is 38.1. The molecule has 102 valence electrons. The molecule has 0 spiro atoms. The number of hydrogen-bond acceptors (Lipinski definition) is 4. The van der Waals surface area contributed by atoms with Crippen LogP contribution in [0.15, 0.2) is 29.4 Å². The quantitative estimate of drug-likeness (QED) is 0.376. The number of imide groups is 2. The zero-order valence-electron chi connectivity index (χ0n) is 10.6. The molecule has 1 aromatic carbocycles. The molecule has 8 heteroatoms. The van der Waals surface area contributed by atoms with Crippen molar-refractivity contribution < 1.29 is 14.4 Å². The number of azide groups is 1. The average molecular weight is 273 g/mol. The molecule has 1 aliphatic rings. The molecule has 0 unspecified atom stereocenters. The molecule has 1 fully saturated rings. The number of nitrogens with one attached hydrogen (secondary N) is 2. The molecular weight excluding hydrogens is 262 g/mol. The maximum absolute atomic E-state index is 12.1.